The Kier molecular flexibility index (Phi) is 14.8. The van der Waals surface area contributed by atoms with Gasteiger partial charge in [0, 0.05) is 37.6 Å². The Morgan fingerprint density at radius 3 is 2.28 bits per heavy atom. The molecule has 0 radical (unpaired) electrons. The van der Waals surface area contributed by atoms with E-state index in [1.165, 1.54) is 12.2 Å². The minimum atomic E-state index is -1.06. The zero-order valence-corrected chi connectivity index (χ0v) is 25.7. The molecule has 6 N–H and O–H groups in total. The van der Waals surface area contributed by atoms with Crippen molar-refractivity contribution in [2.24, 2.45) is 11.7 Å². The van der Waals surface area contributed by atoms with Gasteiger partial charge in [-0.1, -0.05) is 36.8 Å². The number of carbonyl (C=O) groups is 7. The molecule has 1 heterocycles. The fraction of sp³-hybridized carbons (Fsp3) is 0.516. The molecule has 0 bridgehead atoms. The average Bonchev–Trinajstić information content (AvgIpc) is 3.34. The van der Waals surface area contributed by atoms with Crippen LogP contribution in [0.4, 0.5) is 0 Å². The smallest absolute Gasteiger partial charge is 0.325 e. The second-order valence-corrected chi connectivity index (χ2v) is 11.1. The van der Waals surface area contributed by atoms with E-state index in [4.69, 9.17) is 15.2 Å². The molecule has 1 aliphatic carbocycles. The van der Waals surface area contributed by atoms with Gasteiger partial charge in [-0.15, -0.1) is 0 Å². The Morgan fingerprint density at radius 1 is 0.870 bits per heavy atom. The van der Waals surface area contributed by atoms with Gasteiger partial charge in [0.25, 0.3) is 17.7 Å². The number of unbranched alkanes of at least 4 members (excludes halogenated alkanes) is 2. The zero-order chi connectivity index (χ0) is 33.3. The molecule has 0 saturated heterocycles. The third kappa shape index (κ3) is 13.2. The predicted molar refractivity (Wildman–Crippen MR) is 163 cm³/mol. The molecule has 15 heteroatoms. The molecule has 0 unspecified atom stereocenters. The van der Waals surface area contributed by atoms with E-state index < -0.39 is 48.8 Å². The maximum Gasteiger partial charge on any atom is 0.325 e. The van der Waals surface area contributed by atoms with Gasteiger partial charge in [0.15, 0.2) is 6.61 Å². The number of nitrogens with two attached hydrogens (primary N) is 1. The fourth-order valence-electron chi connectivity index (χ4n) is 4.77. The molecule has 1 aromatic carbocycles. The number of esters is 1. The molecular formula is C31H42N6O9. The second kappa shape index (κ2) is 19.0. The lowest BCUT2D eigenvalue weighted by molar-refractivity contribution is -0.148. The lowest BCUT2D eigenvalue weighted by Crippen LogP contribution is -2.51. The van der Waals surface area contributed by atoms with Crippen molar-refractivity contribution in [2.75, 3.05) is 39.6 Å². The lowest BCUT2D eigenvalue weighted by atomic mass is 9.82. The first-order valence-electron chi connectivity index (χ1n) is 15.3. The second-order valence-electron chi connectivity index (χ2n) is 11.1. The summed E-state index contributed by atoms with van der Waals surface area (Å²) in [7, 11) is 0. The van der Waals surface area contributed by atoms with Crippen molar-refractivity contribution < 1.29 is 43.0 Å². The Balaban J connectivity index is 1.31. The molecule has 1 saturated carbocycles. The standard InChI is InChI=1S/C31H42N6O9/c32-23-13-22(14-23)18-45-20-35-26(39)16-34-31(44)24(15-21-7-3-1-4-8-21)36-27(40)19-46-30(43)17-33-25(38)9-5-2-6-12-37-28(41)10-11-29(37)42/h1,3-4,7-8,10-11,22-24H,2,5-6,9,12-20,32H2,(H,33,38)(H,34,44)(H,35,39)(H,36,40)/t22?,23?,24-/m0/s1. The van der Waals surface area contributed by atoms with Crippen molar-refractivity contribution in [1.82, 2.24) is 26.2 Å². The summed E-state index contributed by atoms with van der Waals surface area (Å²) in [6, 6.07) is 8.08. The van der Waals surface area contributed by atoms with Crippen LogP contribution >= 0.6 is 0 Å². The summed E-state index contributed by atoms with van der Waals surface area (Å²) in [6.45, 7) is -0.692. The minimum absolute atomic E-state index is 0.000257. The number of hydrogen-bond donors (Lipinski definition) is 5. The third-order valence-electron chi connectivity index (χ3n) is 7.33. The van der Waals surface area contributed by atoms with Crippen molar-refractivity contribution in [3.05, 3.63) is 48.0 Å². The molecule has 0 aromatic heterocycles. The first-order valence-corrected chi connectivity index (χ1v) is 15.3. The lowest BCUT2D eigenvalue weighted by Gasteiger charge is -2.31. The number of rotatable bonds is 20. The van der Waals surface area contributed by atoms with Crippen LogP contribution in [0, 0.1) is 5.92 Å². The van der Waals surface area contributed by atoms with Crippen LogP contribution < -0.4 is 27.0 Å². The van der Waals surface area contributed by atoms with Gasteiger partial charge in [0.1, 0.15) is 19.3 Å². The maximum absolute atomic E-state index is 12.9. The number of benzene rings is 1. The summed E-state index contributed by atoms with van der Waals surface area (Å²) >= 11 is 0. The van der Waals surface area contributed by atoms with Gasteiger partial charge in [0.2, 0.25) is 17.7 Å². The first-order chi connectivity index (χ1) is 22.1. The predicted octanol–water partition coefficient (Wildman–Crippen LogP) is -1.20. The summed E-state index contributed by atoms with van der Waals surface area (Å²) in [4.78, 5) is 85.8. The zero-order valence-electron chi connectivity index (χ0n) is 25.7. The highest BCUT2D eigenvalue weighted by Crippen LogP contribution is 2.25. The SMILES string of the molecule is NC1CC(COCNC(=O)CNC(=O)[C@H](Cc2ccccc2)NC(=O)COC(=O)CNC(=O)CCCCCN2C(=O)C=CC2=O)C1. The van der Waals surface area contributed by atoms with Gasteiger partial charge >= 0.3 is 5.97 Å². The number of ether oxygens (including phenoxy) is 2. The van der Waals surface area contributed by atoms with Crippen molar-refractivity contribution in [1.29, 1.82) is 0 Å². The molecule has 250 valence electrons. The van der Waals surface area contributed by atoms with E-state index in [1.54, 1.807) is 30.3 Å². The highest BCUT2D eigenvalue weighted by atomic mass is 16.5. The van der Waals surface area contributed by atoms with E-state index >= 15 is 0 Å². The molecular weight excluding hydrogens is 600 g/mol. The van der Waals surface area contributed by atoms with E-state index in [0.717, 1.165) is 23.3 Å². The fourth-order valence-corrected chi connectivity index (χ4v) is 4.77. The number of carbonyl (C=O) groups excluding carboxylic acids is 7. The van der Waals surface area contributed by atoms with E-state index in [2.05, 4.69) is 21.3 Å². The summed E-state index contributed by atoms with van der Waals surface area (Å²) < 4.78 is 10.4. The molecule has 1 atom stereocenters. The Labute approximate surface area is 267 Å². The van der Waals surface area contributed by atoms with Crippen molar-refractivity contribution in [3.63, 3.8) is 0 Å². The number of nitrogens with zero attached hydrogens (tertiary/aromatic N) is 1. The van der Waals surface area contributed by atoms with Crippen molar-refractivity contribution in [2.45, 2.75) is 57.0 Å². The molecule has 1 aliphatic heterocycles. The average molecular weight is 643 g/mol. The number of hydrogen-bond acceptors (Lipinski definition) is 10. The Hall–Kier alpha value is -4.63. The quantitative estimate of drug-likeness (QED) is 0.0496. The van der Waals surface area contributed by atoms with E-state index in [1.807, 2.05) is 0 Å². The van der Waals surface area contributed by atoms with Crippen LogP contribution in [0.3, 0.4) is 0 Å². The molecule has 6 amide bonds. The van der Waals surface area contributed by atoms with Crippen LogP contribution in [0.25, 0.3) is 0 Å². The third-order valence-corrected chi connectivity index (χ3v) is 7.33. The van der Waals surface area contributed by atoms with E-state index in [9.17, 15) is 33.6 Å². The van der Waals surface area contributed by atoms with Gasteiger partial charge in [0.05, 0.1) is 13.2 Å². The van der Waals surface area contributed by atoms with Gasteiger partial charge < -0.3 is 36.5 Å². The first kappa shape index (κ1) is 35.8. The van der Waals surface area contributed by atoms with Gasteiger partial charge in [-0.3, -0.25) is 38.5 Å². The van der Waals surface area contributed by atoms with Crippen molar-refractivity contribution >= 4 is 41.4 Å². The minimum Gasteiger partial charge on any atom is -0.454 e. The summed E-state index contributed by atoms with van der Waals surface area (Å²) in [5.74, 6) is -3.36. The van der Waals surface area contributed by atoms with E-state index in [-0.39, 0.29) is 50.5 Å². The van der Waals surface area contributed by atoms with E-state index in [0.29, 0.717) is 31.8 Å². The van der Waals surface area contributed by atoms with Crippen LogP contribution in [0.2, 0.25) is 0 Å². The number of imide groups is 1. The highest BCUT2D eigenvalue weighted by Gasteiger charge is 2.26. The molecule has 15 nitrogen and oxygen atoms in total. The highest BCUT2D eigenvalue weighted by molar-refractivity contribution is 6.12. The largest absolute Gasteiger partial charge is 0.454 e. The van der Waals surface area contributed by atoms with Crippen molar-refractivity contribution in [3.8, 4) is 0 Å². The van der Waals surface area contributed by atoms with Gasteiger partial charge in [-0.2, -0.15) is 0 Å². The molecule has 0 spiro atoms. The summed E-state index contributed by atoms with van der Waals surface area (Å²) in [5, 5.41) is 9.99. The normalized spacial score (nSPS) is 17.5. The van der Waals surface area contributed by atoms with Crippen LogP contribution in [-0.2, 0) is 49.5 Å². The topological polar surface area (TPSA) is 215 Å². The number of amides is 6. The van der Waals surface area contributed by atoms with Crippen LogP contribution in [0.1, 0.15) is 44.1 Å². The molecule has 2 aliphatic rings. The number of nitrogens with one attached hydrogen (secondary N) is 4. The van der Waals surface area contributed by atoms with Gasteiger partial charge in [-0.05, 0) is 37.2 Å². The van der Waals surface area contributed by atoms with Gasteiger partial charge in [-0.25, -0.2) is 0 Å². The monoisotopic (exact) mass is 642 g/mol. The summed E-state index contributed by atoms with van der Waals surface area (Å²) in [5.41, 5.74) is 6.50. The Morgan fingerprint density at radius 2 is 1.59 bits per heavy atom. The maximum atomic E-state index is 12.9. The van der Waals surface area contributed by atoms with Crippen LogP contribution in [0.5, 0.6) is 0 Å². The molecule has 1 aromatic rings. The van der Waals surface area contributed by atoms with Crippen LogP contribution in [-0.4, -0.2) is 98.0 Å². The Bertz CT molecular complexity index is 1250. The molecule has 3 rings (SSSR count). The molecule has 1 fully saturated rings. The van der Waals surface area contributed by atoms with Crippen LogP contribution in [0.15, 0.2) is 42.5 Å². The summed E-state index contributed by atoms with van der Waals surface area (Å²) in [6.07, 6.45) is 6.11. The molecule has 46 heavy (non-hydrogen) atoms.